The number of likely N-dealkylation sites (N-methyl/N-ethyl adjacent to an activating group) is 1. The first-order chi connectivity index (χ1) is 8.56. The van der Waals surface area contributed by atoms with Gasteiger partial charge in [0.2, 0.25) is 0 Å². The number of rotatable bonds is 3. The molecule has 1 aliphatic heterocycles. The van der Waals surface area contributed by atoms with Crippen molar-refractivity contribution < 1.29 is 13.5 Å². The third-order valence-electron chi connectivity index (χ3n) is 3.24. The fourth-order valence-electron chi connectivity index (χ4n) is 2.14. The predicted octanol–water partition coefficient (Wildman–Crippen LogP) is 1.17. The average molecular weight is 256 g/mol. The maximum atomic E-state index is 13.5. The highest BCUT2D eigenvalue weighted by Gasteiger charge is 2.24. The Balaban J connectivity index is 1.99. The van der Waals surface area contributed by atoms with Crippen LogP contribution in [0.4, 0.5) is 8.78 Å². The lowest BCUT2D eigenvalue weighted by Gasteiger charge is -2.33. The predicted molar refractivity (Wildman–Crippen MR) is 65.3 cm³/mol. The zero-order valence-corrected chi connectivity index (χ0v) is 10.4. The van der Waals surface area contributed by atoms with Gasteiger partial charge >= 0.3 is 0 Å². The van der Waals surface area contributed by atoms with Gasteiger partial charge < -0.3 is 15.4 Å². The van der Waals surface area contributed by atoms with Gasteiger partial charge in [-0.25, -0.2) is 8.78 Å². The third-order valence-corrected chi connectivity index (χ3v) is 3.24. The third kappa shape index (κ3) is 3.25. The van der Waals surface area contributed by atoms with Gasteiger partial charge in [0.1, 0.15) is 11.6 Å². The van der Waals surface area contributed by atoms with Crippen molar-refractivity contribution >= 4 is 0 Å². The molecule has 2 atom stereocenters. The molecule has 2 N–H and O–H groups in total. The Hall–Kier alpha value is -1.04. The van der Waals surface area contributed by atoms with Gasteiger partial charge in [0, 0.05) is 25.2 Å². The molecule has 0 spiro atoms. The van der Waals surface area contributed by atoms with Gasteiger partial charge in [-0.2, -0.15) is 0 Å². The Kier molecular flexibility index (Phi) is 4.27. The van der Waals surface area contributed by atoms with Crippen LogP contribution in [0, 0.1) is 11.6 Å². The van der Waals surface area contributed by atoms with Crippen molar-refractivity contribution in [3.63, 3.8) is 0 Å². The van der Waals surface area contributed by atoms with E-state index in [1.807, 2.05) is 7.05 Å². The Morgan fingerprint density at radius 3 is 2.94 bits per heavy atom. The van der Waals surface area contributed by atoms with Crippen molar-refractivity contribution in [2.24, 2.45) is 5.73 Å². The van der Waals surface area contributed by atoms with Crippen LogP contribution in [0.1, 0.15) is 5.56 Å². The maximum absolute atomic E-state index is 13.5. The van der Waals surface area contributed by atoms with Gasteiger partial charge in [0.25, 0.3) is 0 Å². The van der Waals surface area contributed by atoms with Crippen LogP contribution in [0.25, 0.3) is 0 Å². The van der Waals surface area contributed by atoms with Crippen LogP contribution >= 0.6 is 0 Å². The lowest BCUT2D eigenvalue weighted by molar-refractivity contribution is -0.0320. The summed E-state index contributed by atoms with van der Waals surface area (Å²) in [6.45, 7) is 2.26. The van der Waals surface area contributed by atoms with E-state index < -0.39 is 11.6 Å². The summed E-state index contributed by atoms with van der Waals surface area (Å²) in [7, 11) is 2.00. The molecule has 0 amide bonds. The molecular formula is C13H18F2N2O. The summed E-state index contributed by atoms with van der Waals surface area (Å²) in [4.78, 5) is 2.13. The minimum atomic E-state index is -0.571. The highest BCUT2D eigenvalue weighted by atomic mass is 19.1. The Morgan fingerprint density at radius 1 is 1.50 bits per heavy atom. The molecule has 0 aliphatic carbocycles. The molecule has 2 rings (SSSR count). The fraction of sp³-hybridized carbons (Fsp3) is 0.538. The van der Waals surface area contributed by atoms with E-state index in [1.165, 1.54) is 12.1 Å². The Morgan fingerprint density at radius 2 is 2.28 bits per heavy atom. The quantitative estimate of drug-likeness (QED) is 0.882. The summed E-state index contributed by atoms with van der Waals surface area (Å²) in [5, 5.41) is 0. The van der Waals surface area contributed by atoms with Gasteiger partial charge in [0.05, 0.1) is 12.7 Å². The number of halogens is 2. The zero-order valence-electron chi connectivity index (χ0n) is 10.4. The summed E-state index contributed by atoms with van der Waals surface area (Å²) < 4.78 is 31.9. The highest BCUT2D eigenvalue weighted by molar-refractivity contribution is 5.19. The first-order valence-corrected chi connectivity index (χ1v) is 6.06. The van der Waals surface area contributed by atoms with Crippen LogP contribution in [0.3, 0.4) is 0 Å². The Bertz CT molecular complexity index is 414. The Labute approximate surface area is 106 Å². The molecule has 2 unspecified atom stereocenters. The number of ether oxygens (including phenoxy) is 1. The molecule has 1 saturated heterocycles. The van der Waals surface area contributed by atoms with E-state index in [-0.39, 0.29) is 12.1 Å². The molecular weight excluding hydrogens is 238 g/mol. The molecule has 1 aromatic carbocycles. The molecule has 100 valence electrons. The van der Waals surface area contributed by atoms with Crippen molar-refractivity contribution in [2.45, 2.75) is 18.6 Å². The largest absolute Gasteiger partial charge is 0.374 e. The van der Waals surface area contributed by atoms with Crippen LogP contribution < -0.4 is 5.73 Å². The minimum absolute atomic E-state index is 0.104. The van der Waals surface area contributed by atoms with Gasteiger partial charge in [-0.3, -0.25) is 0 Å². The lowest BCUT2D eigenvalue weighted by atomic mass is 10.0. The first kappa shape index (κ1) is 13.4. The molecule has 0 aromatic heterocycles. The van der Waals surface area contributed by atoms with Gasteiger partial charge in [0.15, 0.2) is 0 Å². The second-order valence-corrected chi connectivity index (χ2v) is 4.78. The number of morpholine rings is 1. The summed E-state index contributed by atoms with van der Waals surface area (Å²) >= 11 is 0. The van der Waals surface area contributed by atoms with Crippen LogP contribution in [-0.4, -0.2) is 43.8 Å². The molecule has 1 aliphatic rings. The number of nitrogens with zero attached hydrogens (tertiary/aromatic N) is 1. The van der Waals surface area contributed by atoms with E-state index in [9.17, 15) is 8.78 Å². The smallest absolute Gasteiger partial charge is 0.129 e. The molecule has 0 radical (unpaired) electrons. The molecule has 1 fully saturated rings. The number of nitrogens with two attached hydrogens (primary N) is 1. The first-order valence-electron chi connectivity index (χ1n) is 6.06. The second-order valence-electron chi connectivity index (χ2n) is 4.78. The van der Waals surface area contributed by atoms with Crippen LogP contribution in [-0.2, 0) is 11.2 Å². The summed E-state index contributed by atoms with van der Waals surface area (Å²) in [6, 6.07) is 3.29. The van der Waals surface area contributed by atoms with Crippen LogP contribution in [0.5, 0.6) is 0 Å². The SMILES string of the molecule is CN1CCOC(C(N)Cc2ccc(F)cc2F)C1. The van der Waals surface area contributed by atoms with Gasteiger partial charge in [-0.15, -0.1) is 0 Å². The van der Waals surface area contributed by atoms with E-state index in [2.05, 4.69) is 4.90 Å². The lowest BCUT2D eigenvalue weighted by Crippen LogP contribution is -2.50. The van der Waals surface area contributed by atoms with Crippen LogP contribution in [0.15, 0.2) is 18.2 Å². The highest BCUT2D eigenvalue weighted by Crippen LogP contribution is 2.15. The zero-order chi connectivity index (χ0) is 13.1. The van der Waals surface area contributed by atoms with E-state index in [0.717, 1.165) is 19.2 Å². The van der Waals surface area contributed by atoms with E-state index in [1.54, 1.807) is 0 Å². The van der Waals surface area contributed by atoms with Crippen molar-refractivity contribution in [2.75, 3.05) is 26.7 Å². The van der Waals surface area contributed by atoms with E-state index in [4.69, 9.17) is 10.5 Å². The minimum Gasteiger partial charge on any atom is -0.374 e. The normalized spacial score (nSPS) is 23.0. The second kappa shape index (κ2) is 5.73. The fourth-order valence-corrected chi connectivity index (χ4v) is 2.14. The number of hydrogen-bond donors (Lipinski definition) is 1. The molecule has 1 heterocycles. The van der Waals surface area contributed by atoms with Crippen molar-refractivity contribution in [3.8, 4) is 0 Å². The maximum Gasteiger partial charge on any atom is 0.129 e. The summed E-state index contributed by atoms with van der Waals surface area (Å²) in [5.74, 6) is -1.12. The van der Waals surface area contributed by atoms with Crippen molar-refractivity contribution in [1.82, 2.24) is 4.90 Å². The number of hydrogen-bond acceptors (Lipinski definition) is 3. The molecule has 1 aromatic rings. The molecule has 0 bridgehead atoms. The molecule has 18 heavy (non-hydrogen) atoms. The monoisotopic (exact) mass is 256 g/mol. The van der Waals surface area contributed by atoms with Crippen molar-refractivity contribution in [1.29, 1.82) is 0 Å². The average Bonchev–Trinajstić information content (AvgIpc) is 2.32. The van der Waals surface area contributed by atoms with Crippen molar-refractivity contribution in [3.05, 3.63) is 35.4 Å². The molecule has 5 heteroatoms. The molecule has 3 nitrogen and oxygen atoms in total. The van der Waals surface area contributed by atoms with Gasteiger partial charge in [-0.05, 0) is 25.1 Å². The molecule has 0 saturated carbocycles. The summed E-state index contributed by atoms with van der Waals surface area (Å²) in [6.07, 6.45) is 0.248. The standard InChI is InChI=1S/C13H18F2N2O/c1-17-4-5-18-13(8-17)12(16)6-9-2-3-10(14)7-11(9)15/h2-3,7,12-13H,4-6,8,16H2,1H3. The topological polar surface area (TPSA) is 38.5 Å². The van der Waals surface area contributed by atoms with Gasteiger partial charge in [-0.1, -0.05) is 6.07 Å². The van der Waals surface area contributed by atoms with Crippen LogP contribution in [0.2, 0.25) is 0 Å². The number of benzene rings is 1. The van der Waals surface area contributed by atoms with E-state index >= 15 is 0 Å². The summed E-state index contributed by atoms with van der Waals surface area (Å²) in [5.41, 5.74) is 6.47. The van der Waals surface area contributed by atoms with E-state index in [0.29, 0.717) is 18.6 Å².